The predicted octanol–water partition coefficient (Wildman–Crippen LogP) is 3.48. The molecule has 2 atom stereocenters. The molecule has 1 saturated heterocycles. The zero-order valence-electron chi connectivity index (χ0n) is 12.1. The Balaban J connectivity index is 2.00. The molecule has 0 radical (unpaired) electrons. The van der Waals surface area contributed by atoms with Crippen LogP contribution >= 0.6 is 12.2 Å². The lowest BCUT2D eigenvalue weighted by atomic mass is 9.88. The molecule has 0 spiro atoms. The molecule has 4 nitrogen and oxygen atoms in total. The van der Waals surface area contributed by atoms with Gasteiger partial charge in [-0.15, -0.1) is 0 Å². The molecular formula is C15H18FN3OS. The van der Waals surface area contributed by atoms with Crippen molar-refractivity contribution in [3.05, 3.63) is 28.3 Å². The number of aromatic amines is 2. The van der Waals surface area contributed by atoms with Crippen LogP contribution in [0.25, 0.3) is 11.0 Å². The zero-order valence-corrected chi connectivity index (χ0v) is 12.9. The summed E-state index contributed by atoms with van der Waals surface area (Å²) >= 11 is 5.03. The van der Waals surface area contributed by atoms with Gasteiger partial charge < -0.3 is 14.9 Å². The number of fused-ring (bicyclic) bond motifs is 1. The highest BCUT2D eigenvalue weighted by Gasteiger charge is 2.28. The first-order chi connectivity index (χ1) is 9.95. The Morgan fingerprint density at radius 2 is 2.10 bits per heavy atom. The fraction of sp³-hybridized carbons (Fsp3) is 0.467. The van der Waals surface area contributed by atoms with E-state index in [1.807, 2.05) is 4.90 Å². The number of carbonyl (C=O) groups is 1. The highest BCUT2D eigenvalue weighted by atomic mass is 32.1. The van der Waals surface area contributed by atoms with Gasteiger partial charge in [0.05, 0.1) is 16.6 Å². The minimum atomic E-state index is -0.436. The third-order valence-corrected chi connectivity index (χ3v) is 4.65. The predicted molar refractivity (Wildman–Crippen MR) is 82.3 cm³/mol. The second-order valence-electron chi connectivity index (χ2n) is 5.95. The molecule has 1 aliphatic rings. The van der Waals surface area contributed by atoms with Gasteiger partial charge in [0, 0.05) is 13.1 Å². The molecule has 1 aromatic carbocycles. The Morgan fingerprint density at radius 1 is 1.33 bits per heavy atom. The van der Waals surface area contributed by atoms with Gasteiger partial charge in [0.2, 0.25) is 0 Å². The Bertz CT molecular complexity index is 751. The highest BCUT2D eigenvalue weighted by molar-refractivity contribution is 7.71. The molecule has 21 heavy (non-hydrogen) atoms. The maximum Gasteiger partial charge on any atom is 0.256 e. The summed E-state index contributed by atoms with van der Waals surface area (Å²) in [4.78, 5) is 20.3. The van der Waals surface area contributed by atoms with Crippen LogP contribution in [0.5, 0.6) is 0 Å². The van der Waals surface area contributed by atoms with Crippen LogP contribution in [0, 0.1) is 22.4 Å². The summed E-state index contributed by atoms with van der Waals surface area (Å²) in [5.74, 6) is 0.495. The van der Waals surface area contributed by atoms with E-state index in [9.17, 15) is 9.18 Å². The van der Waals surface area contributed by atoms with Crippen LogP contribution in [0.1, 0.15) is 30.6 Å². The smallest absolute Gasteiger partial charge is 0.256 e. The number of carbonyl (C=O) groups excluding carboxylic acids is 1. The number of hydrogen-bond acceptors (Lipinski definition) is 2. The molecule has 1 amide bonds. The molecule has 1 aliphatic heterocycles. The van der Waals surface area contributed by atoms with Crippen molar-refractivity contribution < 1.29 is 9.18 Å². The summed E-state index contributed by atoms with van der Waals surface area (Å²) in [5, 5.41) is 0. The molecule has 0 bridgehead atoms. The van der Waals surface area contributed by atoms with Gasteiger partial charge in [-0.25, -0.2) is 4.39 Å². The SMILES string of the molecule is C[C@H]1CCN(C(=O)c2cc(F)cc3[nH]c(=S)[nH]c23)C[C@@H]1C. The Kier molecular flexibility index (Phi) is 3.57. The van der Waals surface area contributed by atoms with E-state index in [1.54, 1.807) is 0 Å². The Morgan fingerprint density at radius 3 is 2.81 bits per heavy atom. The lowest BCUT2D eigenvalue weighted by molar-refractivity contribution is 0.0629. The Hall–Kier alpha value is -1.69. The van der Waals surface area contributed by atoms with E-state index in [-0.39, 0.29) is 5.91 Å². The number of hydrogen-bond donors (Lipinski definition) is 2. The summed E-state index contributed by atoms with van der Waals surface area (Å²) in [7, 11) is 0. The molecule has 112 valence electrons. The summed E-state index contributed by atoms with van der Waals surface area (Å²) in [5.41, 5.74) is 1.46. The van der Waals surface area contributed by atoms with Crippen molar-refractivity contribution in [1.82, 2.24) is 14.9 Å². The van der Waals surface area contributed by atoms with Gasteiger partial charge in [0.25, 0.3) is 5.91 Å². The third-order valence-electron chi connectivity index (χ3n) is 4.44. The minimum Gasteiger partial charge on any atom is -0.338 e. The maximum absolute atomic E-state index is 13.7. The van der Waals surface area contributed by atoms with E-state index in [0.29, 0.717) is 46.3 Å². The monoisotopic (exact) mass is 307 g/mol. The number of halogens is 1. The molecule has 2 N–H and O–H groups in total. The first kappa shape index (κ1) is 14.3. The van der Waals surface area contributed by atoms with E-state index < -0.39 is 5.82 Å². The van der Waals surface area contributed by atoms with Crippen molar-refractivity contribution >= 4 is 29.2 Å². The third kappa shape index (κ3) is 2.60. The molecular weight excluding hydrogens is 289 g/mol. The first-order valence-electron chi connectivity index (χ1n) is 7.16. The van der Waals surface area contributed by atoms with Gasteiger partial charge in [0.1, 0.15) is 5.82 Å². The van der Waals surface area contributed by atoms with Gasteiger partial charge in [-0.05, 0) is 42.6 Å². The van der Waals surface area contributed by atoms with Crippen molar-refractivity contribution in [1.29, 1.82) is 0 Å². The topological polar surface area (TPSA) is 51.9 Å². The van der Waals surface area contributed by atoms with Crippen molar-refractivity contribution in [2.45, 2.75) is 20.3 Å². The zero-order chi connectivity index (χ0) is 15.1. The quantitative estimate of drug-likeness (QED) is 0.793. The van der Waals surface area contributed by atoms with Crippen LogP contribution in [0.2, 0.25) is 0 Å². The number of aromatic nitrogens is 2. The fourth-order valence-corrected chi connectivity index (χ4v) is 3.11. The molecule has 0 unspecified atom stereocenters. The lowest BCUT2D eigenvalue weighted by Gasteiger charge is -2.35. The van der Waals surface area contributed by atoms with Crippen LogP contribution in [0.15, 0.2) is 12.1 Å². The summed E-state index contributed by atoms with van der Waals surface area (Å²) in [6, 6.07) is 2.63. The number of likely N-dealkylation sites (tertiary alicyclic amines) is 1. The van der Waals surface area contributed by atoms with Gasteiger partial charge in [-0.1, -0.05) is 13.8 Å². The summed E-state index contributed by atoms with van der Waals surface area (Å²) in [6.45, 7) is 5.78. The van der Waals surface area contributed by atoms with Gasteiger partial charge in [-0.2, -0.15) is 0 Å². The standard InChI is InChI=1S/C15H18FN3OS/c1-8-3-4-19(7-9(8)2)14(20)11-5-10(16)6-12-13(11)18-15(21)17-12/h5-6,8-9H,3-4,7H2,1-2H3,(H2,17,18,21)/t8-,9-/m0/s1. The molecule has 0 aliphatic carbocycles. The fourth-order valence-electron chi connectivity index (χ4n) is 2.89. The second-order valence-corrected chi connectivity index (χ2v) is 6.36. The molecule has 6 heteroatoms. The Labute approximate surface area is 127 Å². The normalized spacial score (nSPS) is 22.7. The van der Waals surface area contributed by atoms with E-state index in [1.165, 1.54) is 12.1 Å². The number of benzene rings is 1. The van der Waals surface area contributed by atoms with Crippen molar-refractivity contribution in [3.63, 3.8) is 0 Å². The number of H-pyrrole nitrogens is 2. The molecule has 2 heterocycles. The van der Waals surface area contributed by atoms with Crippen LogP contribution < -0.4 is 0 Å². The molecule has 0 saturated carbocycles. The number of imidazole rings is 1. The average molecular weight is 307 g/mol. The van der Waals surface area contributed by atoms with E-state index >= 15 is 0 Å². The van der Waals surface area contributed by atoms with Crippen molar-refractivity contribution in [2.75, 3.05) is 13.1 Å². The number of nitrogens with zero attached hydrogens (tertiary/aromatic N) is 1. The average Bonchev–Trinajstić information content (AvgIpc) is 2.80. The number of rotatable bonds is 1. The van der Waals surface area contributed by atoms with E-state index in [2.05, 4.69) is 23.8 Å². The largest absolute Gasteiger partial charge is 0.338 e. The molecule has 2 aromatic rings. The van der Waals surface area contributed by atoms with Gasteiger partial charge in [0.15, 0.2) is 4.77 Å². The molecule has 1 aromatic heterocycles. The number of nitrogens with one attached hydrogen (secondary N) is 2. The second kappa shape index (κ2) is 5.26. The van der Waals surface area contributed by atoms with Gasteiger partial charge >= 0.3 is 0 Å². The van der Waals surface area contributed by atoms with Crippen molar-refractivity contribution in [3.8, 4) is 0 Å². The minimum absolute atomic E-state index is 0.136. The van der Waals surface area contributed by atoms with Gasteiger partial charge in [-0.3, -0.25) is 4.79 Å². The summed E-state index contributed by atoms with van der Waals surface area (Å²) in [6.07, 6.45) is 0.981. The van der Waals surface area contributed by atoms with E-state index in [0.717, 1.165) is 6.42 Å². The van der Waals surface area contributed by atoms with Crippen LogP contribution in [-0.2, 0) is 0 Å². The molecule has 1 fully saturated rings. The number of amides is 1. The van der Waals surface area contributed by atoms with Crippen LogP contribution in [0.3, 0.4) is 0 Å². The van der Waals surface area contributed by atoms with Crippen LogP contribution in [0.4, 0.5) is 4.39 Å². The molecule has 3 rings (SSSR count). The number of piperidine rings is 1. The summed E-state index contributed by atoms with van der Waals surface area (Å²) < 4.78 is 14.1. The lowest BCUT2D eigenvalue weighted by Crippen LogP contribution is -2.42. The van der Waals surface area contributed by atoms with E-state index in [4.69, 9.17) is 12.2 Å². The van der Waals surface area contributed by atoms with Crippen LogP contribution in [-0.4, -0.2) is 33.9 Å². The first-order valence-corrected chi connectivity index (χ1v) is 7.57. The highest BCUT2D eigenvalue weighted by Crippen LogP contribution is 2.26. The van der Waals surface area contributed by atoms with Crippen molar-refractivity contribution in [2.24, 2.45) is 11.8 Å². The maximum atomic E-state index is 13.7.